The van der Waals surface area contributed by atoms with E-state index in [-0.39, 0.29) is 29.9 Å². The molecular formula is C22H33IN4O. The quantitative estimate of drug-likeness (QED) is 0.394. The van der Waals surface area contributed by atoms with Gasteiger partial charge in [0.1, 0.15) is 0 Å². The van der Waals surface area contributed by atoms with Gasteiger partial charge >= 0.3 is 0 Å². The summed E-state index contributed by atoms with van der Waals surface area (Å²) in [7, 11) is 1.89. The average Bonchev–Trinajstić information content (AvgIpc) is 3.29. The fraction of sp³-hybridized carbons (Fsp3) is 0.636. The van der Waals surface area contributed by atoms with Gasteiger partial charge in [0, 0.05) is 46.2 Å². The first-order chi connectivity index (χ1) is 13.2. The van der Waals surface area contributed by atoms with E-state index in [1.807, 2.05) is 11.9 Å². The SMILES string of the molecule is CN=C(NCc1cccc(CN2CCCC2=O)c1)N1CC2CCCCC2C1.I. The molecule has 0 spiro atoms. The van der Waals surface area contributed by atoms with Crippen LogP contribution in [-0.4, -0.2) is 48.3 Å². The second-order valence-electron chi connectivity index (χ2n) is 8.35. The van der Waals surface area contributed by atoms with Crippen LogP contribution >= 0.6 is 24.0 Å². The van der Waals surface area contributed by atoms with Crippen LogP contribution in [0.25, 0.3) is 0 Å². The number of benzene rings is 1. The fourth-order valence-electron chi connectivity index (χ4n) is 5.02. The highest BCUT2D eigenvalue weighted by molar-refractivity contribution is 14.0. The predicted octanol–water partition coefficient (Wildman–Crippen LogP) is 3.62. The number of halogens is 1. The van der Waals surface area contributed by atoms with Crippen LogP contribution in [0.4, 0.5) is 0 Å². The molecule has 4 rings (SSSR count). The number of aliphatic imine (C=N–C) groups is 1. The fourth-order valence-corrected chi connectivity index (χ4v) is 5.02. The number of amides is 1. The number of nitrogens with zero attached hydrogens (tertiary/aromatic N) is 3. The van der Waals surface area contributed by atoms with Gasteiger partial charge in [0.05, 0.1) is 0 Å². The lowest BCUT2D eigenvalue weighted by atomic mass is 9.82. The van der Waals surface area contributed by atoms with Gasteiger partial charge in [-0.1, -0.05) is 37.1 Å². The van der Waals surface area contributed by atoms with Gasteiger partial charge < -0.3 is 15.1 Å². The summed E-state index contributed by atoms with van der Waals surface area (Å²) in [6.45, 7) is 4.71. The van der Waals surface area contributed by atoms with Crippen molar-refractivity contribution in [2.45, 2.75) is 51.6 Å². The van der Waals surface area contributed by atoms with Crippen molar-refractivity contribution in [2.75, 3.05) is 26.7 Å². The molecule has 2 atom stereocenters. The van der Waals surface area contributed by atoms with Crippen LogP contribution in [0.1, 0.15) is 49.7 Å². The van der Waals surface area contributed by atoms with E-state index in [1.54, 1.807) is 0 Å². The molecule has 3 aliphatic rings. The van der Waals surface area contributed by atoms with Crippen molar-refractivity contribution in [1.29, 1.82) is 0 Å². The molecule has 2 saturated heterocycles. The zero-order valence-electron chi connectivity index (χ0n) is 16.9. The Balaban J connectivity index is 0.00000225. The van der Waals surface area contributed by atoms with Crippen LogP contribution in [-0.2, 0) is 17.9 Å². The molecule has 1 aliphatic carbocycles. The summed E-state index contributed by atoms with van der Waals surface area (Å²) in [5, 5.41) is 3.56. The Morgan fingerprint density at radius 2 is 1.86 bits per heavy atom. The molecule has 2 heterocycles. The minimum Gasteiger partial charge on any atom is -0.352 e. The number of guanidine groups is 1. The van der Waals surface area contributed by atoms with Gasteiger partial charge in [-0.05, 0) is 42.2 Å². The third-order valence-electron chi connectivity index (χ3n) is 6.47. The Labute approximate surface area is 186 Å². The molecule has 5 nitrogen and oxygen atoms in total. The molecule has 0 radical (unpaired) electrons. The molecule has 0 bridgehead atoms. The van der Waals surface area contributed by atoms with Crippen molar-refractivity contribution >= 4 is 35.8 Å². The summed E-state index contributed by atoms with van der Waals surface area (Å²) in [6, 6.07) is 8.59. The highest BCUT2D eigenvalue weighted by Crippen LogP contribution is 2.35. The maximum Gasteiger partial charge on any atom is 0.222 e. The Hall–Kier alpha value is -1.31. The third-order valence-corrected chi connectivity index (χ3v) is 6.47. The van der Waals surface area contributed by atoms with Gasteiger partial charge in [-0.25, -0.2) is 0 Å². The highest BCUT2D eigenvalue weighted by atomic mass is 127. The molecule has 1 amide bonds. The van der Waals surface area contributed by atoms with Crippen LogP contribution in [0.2, 0.25) is 0 Å². The van der Waals surface area contributed by atoms with Gasteiger partial charge in [0.15, 0.2) is 5.96 Å². The van der Waals surface area contributed by atoms with E-state index in [0.717, 1.165) is 56.9 Å². The number of nitrogens with one attached hydrogen (secondary N) is 1. The zero-order chi connectivity index (χ0) is 18.6. The van der Waals surface area contributed by atoms with Crippen LogP contribution in [0.3, 0.4) is 0 Å². The van der Waals surface area contributed by atoms with Crippen LogP contribution < -0.4 is 5.32 Å². The van der Waals surface area contributed by atoms with Crippen LogP contribution in [0.5, 0.6) is 0 Å². The van der Waals surface area contributed by atoms with Gasteiger partial charge in [0.2, 0.25) is 5.91 Å². The van der Waals surface area contributed by atoms with Crippen molar-refractivity contribution in [1.82, 2.24) is 15.1 Å². The van der Waals surface area contributed by atoms with E-state index in [0.29, 0.717) is 6.42 Å². The second-order valence-corrected chi connectivity index (χ2v) is 8.35. The Kier molecular flexibility index (Phi) is 7.60. The zero-order valence-corrected chi connectivity index (χ0v) is 19.2. The van der Waals surface area contributed by atoms with E-state index in [9.17, 15) is 4.79 Å². The summed E-state index contributed by atoms with van der Waals surface area (Å²) < 4.78 is 0. The van der Waals surface area contributed by atoms with Crippen molar-refractivity contribution < 1.29 is 4.79 Å². The van der Waals surface area contributed by atoms with Gasteiger partial charge in [-0.15, -0.1) is 24.0 Å². The number of carbonyl (C=O) groups is 1. The number of rotatable bonds is 4. The number of fused-ring (bicyclic) bond motifs is 1. The minimum atomic E-state index is 0. The molecule has 1 saturated carbocycles. The van der Waals surface area contributed by atoms with Gasteiger partial charge in [-0.2, -0.15) is 0 Å². The van der Waals surface area contributed by atoms with E-state index in [1.165, 1.54) is 36.8 Å². The largest absolute Gasteiger partial charge is 0.352 e. The predicted molar refractivity (Wildman–Crippen MR) is 124 cm³/mol. The van der Waals surface area contributed by atoms with Crippen molar-refractivity contribution in [3.8, 4) is 0 Å². The number of carbonyl (C=O) groups excluding carboxylic acids is 1. The lowest BCUT2D eigenvalue weighted by Gasteiger charge is -2.22. The first kappa shape index (κ1) is 21.4. The smallest absolute Gasteiger partial charge is 0.222 e. The van der Waals surface area contributed by atoms with Crippen molar-refractivity contribution in [2.24, 2.45) is 16.8 Å². The number of hydrogen-bond acceptors (Lipinski definition) is 2. The van der Waals surface area contributed by atoms with Crippen LogP contribution in [0, 0.1) is 11.8 Å². The first-order valence-electron chi connectivity index (χ1n) is 10.5. The molecule has 0 aromatic heterocycles. The van der Waals surface area contributed by atoms with E-state index >= 15 is 0 Å². The first-order valence-corrected chi connectivity index (χ1v) is 10.5. The lowest BCUT2D eigenvalue weighted by molar-refractivity contribution is -0.128. The molecule has 154 valence electrons. The molecule has 6 heteroatoms. The molecule has 1 N–H and O–H groups in total. The summed E-state index contributed by atoms with van der Waals surface area (Å²) in [5.41, 5.74) is 2.46. The number of likely N-dealkylation sites (tertiary alicyclic amines) is 2. The van der Waals surface area contributed by atoms with Gasteiger partial charge in [0.25, 0.3) is 0 Å². The molecule has 2 unspecified atom stereocenters. The molecule has 28 heavy (non-hydrogen) atoms. The van der Waals surface area contributed by atoms with Crippen LogP contribution in [0.15, 0.2) is 29.3 Å². The maximum atomic E-state index is 11.9. The molecular weight excluding hydrogens is 463 g/mol. The summed E-state index contributed by atoms with van der Waals surface area (Å²) in [4.78, 5) is 20.8. The second kappa shape index (κ2) is 9.94. The lowest BCUT2D eigenvalue weighted by Crippen LogP contribution is -2.39. The van der Waals surface area contributed by atoms with Gasteiger partial charge in [-0.3, -0.25) is 9.79 Å². The average molecular weight is 496 g/mol. The van der Waals surface area contributed by atoms with Crippen molar-refractivity contribution in [3.05, 3.63) is 35.4 Å². The minimum absolute atomic E-state index is 0. The third kappa shape index (κ3) is 4.99. The summed E-state index contributed by atoms with van der Waals surface area (Å²) >= 11 is 0. The standard InChI is InChI=1S/C22H32N4O.HI/c1-23-22(26-15-19-8-2-3-9-20(19)16-26)24-13-17-6-4-7-18(12-17)14-25-11-5-10-21(25)27;/h4,6-7,12,19-20H,2-3,5,8-11,13-16H2,1H3,(H,23,24);1H. The van der Waals surface area contributed by atoms with Crippen molar-refractivity contribution in [3.63, 3.8) is 0 Å². The monoisotopic (exact) mass is 496 g/mol. The van der Waals surface area contributed by atoms with E-state index in [2.05, 4.69) is 39.5 Å². The highest BCUT2D eigenvalue weighted by Gasteiger charge is 2.35. The Morgan fingerprint density at radius 1 is 1.14 bits per heavy atom. The maximum absolute atomic E-state index is 11.9. The summed E-state index contributed by atoms with van der Waals surface area (Å²) in [6.07, 6.45) is 7.26. The number of hydrogen-bond donors (Lipinski definition) is 1. The normalized spacial score (nSPS) is 24.9. The molecule has 2 aliphatic heterocycles. The van der Waals surface area contributed by atoms with E-state index in [4.69, 9.17) is 0 Å². The van der Waals surface area contributed by atoms with E-state index < -0.39 is 0 Å². The summed E-state index contributed by atoms with van der Waals surface area (Å²) in [5.74, 6) is 3.04. The molecule has 3 fully saturated rings. The Morgan fingerprint density at radius 3 is 2.50 bits per heavy atom. The Bertz CT molecular complexity index is 694. The molecule has 1 aromatic rings. The molecule has 1 aromatic carbocycles. The topological polar surface area (TPSA) is 47.9 Å².